The minimum atomic E-state index is -0.530. The number of para-hydroxylation sites is 2. The lowest BCUT2D eigenvalue weighted by atomic mass is 10.0. The van der Waals surface area contributed by atoms with Gasteiger partial charge in [0.05, 0.1) is 86.5 Å². The first kappa shape index (κ1) is 75.5. The fourth-order valence-electron chi connectivity index (χ4n) is 11.6. The number of hydrogen-bond acceptors (Lipinski definition) is 16. The normalized spacial score (nSPS) is 11.4. The zero-order chi connectivity index (χ0) is 76.8. The van der Waals surface area contributed by atoms with Crippen molar-refractivity contribution >= 4 is 34.1 Å². The molecule has 0 spiro atoms. The number of aromatic amines is 4. The molecule has 110 heavy (non-hydrogen) atoms. The van der Waals surface area contributed by atoms with E-state index in [2.05, 4.69) is 62.5 Å². The van der Waals surface area contributed by atoms with E-state index in [0.29, 0.717) is 83.3 Å². The van der Waals surface area contributed by atoms with Crippen LogP contribution in [-0.2, 0) is 4.74 Å². The number of fused-ring (bicyclic) bond motifs is 1. The van der Waals surface area contributed by atoms with E-state index in [4.69, 9.17) is 32.2 Å². The number of unbranched alkanes of at least 4 members (excludes halogenated alkanes) is 1. The second-order valence-corrected chi connectivity index (χ2v) is 25.8. The van der Waals surface area contributed by atoms with E-state index in [9.17, 15) is 24.2 Å². The molecule has 23 heteroatoms. The molecule has 0 saturated carbocycles. The summed E-state index contributed by atoms with van der Waals surface area (Å²) in [6, 6.07) is 74.9. The summed E-state index contributed by atoms with van der Waals surface area (Å²) in [5, 5.41) is 56.9. The number of carbonyl (C=O) groups excluding carboxylic acids is 2. The zero-order valence-corrected chi connectivity index (χ0v) is 61.1. The van der Waals surface area contributed by atoms with Crippen LogP contribution in [-0.4, -0.2) is 115 Å². The maximum Gasteiger partial charge on any atom is 0.407 e. The molecular formula is C87H80FN11O11. The van der Waals surface area contributed by atoms with Crippen molar-refractivity contribution in [2.24, 2.45) is 4.99 Å². The second kappa shape index (κ2) is 36.2. The highest BCUT2D eigenvalue weighted by Gasteiger charge is 2.20. The van der Waals surface area contributed by atoms with E-state index < -0.39 is 11.7 Å². The predicted molar refractivity (Wildman–Crippen MR) is 423 cm³/mol. The number of benzene rings is 8. The summed E-state index contributed by atoms with van der Waals surface area (Å²) in [5.74, 6) is 4.32. The van der Waals surface area contributed by atoms with Crippen LogP contribution in [0.5, 0.6) is 28.7 Å². The quantitative estimate of drug-likeness (QED) is 0.0349. The largest absolute Gasteiger partial charge is 0.507 e. The number of ether oxygens (including phenoxy) is 4. The molecule has 22 nitrogen and oxygen atoms in total. The summed E-state index contributed by atoms with van der Waals surface area (Å²) in [4.78, 5) is 28.4. The molecule has 0 saturated heterocycles. The topological polar surface area (TPSA) is 302 Å². The standard InChI is InChI=1S/C23H28N4O5.C19H13FN2O.C16H14N2O.C15H13NO2.C14H12N2O2/c1-23(2,3)32-22(30)25-11-5-4-10-24-21(29)15-8-9-16(19(28)13-15)17-14-18(27-26-17)20-7-6-12-31-20;20-16-8-4-3-7-14(16)17-11-18(22-21-17)15-10-9-12-5-1-2-6-13(12)19(15)23;1-19-16-10-6-5-9-13(16)15-11-14(17-18-15)12-7-3-2-4-8-12;1-17-13-6-4-11(5-7-13)14-9-12(10-16-14)15-3-2-8-18-15;1-17-13-6-3-2-5-10(13)11-9-12(16-15-11)14-7-4-8-18-14/h6-9,12-14,28H,4-5,10-11H2,1-3H3,(H,24,29)(H,25,30)(H,26,27);1-11,23H,(H,21,22);2-11H,1H3,(H,17,18);2-9H,10H2,1H3;2-9H,1H3,(H,15,16). The Morgan fingerprint density at radius 1 is 0.482 bits per heavy atom. The number of aromatic nitrogens is 8. The van der Waals surface area contributed by atoms with Crippen LogP contribution >= 0.6 is 0 Å². The lowest BCUT2D eigenvalue weighted by Crippen LogP contribution is -2.33. The Bertz CT molecular complexity index is 5540. The van der Waals surface area contributed by atoms with Crippen molar-refractivity contribution in [2.45, 2.75) is 39.2 Å². The number of aromatic hydroxyl groups is 2. The molecule has 7 aromatic heterocycles. The van der Waals surface area contributed by atoms with Crippen LogP contribution in [0, 0.1) is 5.82 Å². The van der Waals surface area contributed by atoms with Gasteiger partial charge in [0.1, 0.15) is 57.3 Å². The molecule has 8 N–H and O–H groups in total. The number of furan rings is 3. The molecule has 2 amide bonds. The number of aliphatic imine (C=N–C) groups is 1. The lowest BCUT2D eigenvalue weighted by molar-refractivity contribution is 0.0526. The van der Waals surface area contributed by atoms with Crippen molar-refractivity contribution in [2.75, 3.05) is 41.0 Å². The van der Waals surface area contributed by atoms with Crippen molar-refractivity contribution in [3.8, 4) is 119 Å². The van der Waals surface area contributed by atoms with Gasteiger partial charge in [-0.1, -0.05) is 97.1 Å². The molecule has 0 aliphatic carbocycles. The van der Waals surface area contributed by atoms with E-state index in [-0.39, 0.29) is 23.2 Å². The SMILES string of the molecule is CC(C)(C)OC(=O)NCCCCNC(=O)c1ccc(-c2cc(-c3ccco3)[nH]n2)c(O)c1.COc1ccc(C2=NCC(c3ccco3)=C2)cc1.COc1ccccc1-c1cc(-c2ccccc2)n[nH]1.COc1ccccc1-c1cc(-c2ccco2)[nH]n1.Oc1c(-c2cc(-c3ccccc3F)[nH]n2)ccc2ccccc12. The van der Waals surface area contributed by atoms with Crippen LogP contribution in [0.15, 0.2) is 286 Å². The summed E-state index contributed by atoms with van der Waals surface area (Å²) in [7, 11) is 4.99. The van der Waals surface area contributed by atoms with Gasteiger partial charge in [-0.3, -0.25) is 30.2 Å². The third-order valence-electron chi connectivity index (χ3n) is 17.1. The maximum absolute atomic E-state index is 13.9. The van der Waals surface area contributed by atoms with Crippen molar-refractivity contribution in [1.82, 2.24) is 51.4 Å². The highest BCUT2D eigenvalue weighted by Crippen LogP contribution is 2.38. The van der Waals surface area contributed by atoms with Gasteiger partial charge in [0.25, 0.3) is 5.91 Å². The number of rotatable bonds is 19. The summed E-state index contributed by atoms with van der Waals surface area (Å²) in [5.41, 5.74) is 13.6. The van der Waals surface area contributed by atoms with Crippen LogP contribution < -0.4 is 24.8 Å². The van der Waals surface area contributed by atoms with E-state index in [1.807, 2.05) is 176 Å². The number of allylic oxidation sites excluding steroid dienone is 1. The Balaban J connectivity index is 0.000000130. The van der Waals surface area contributed by atoms with Crippen molar-refractivity contribution < 1.29 is 56.4 Å². The van der Waals surface area contributed by atoms with E-state index in [1.165, 1.54) is 12.1 Å². The van der Waals surface area contributed by atoms with Gasteiger partial charge in [-0.25, -0.2) is 9.18 Å². The van der Waals surface area contributed by atoms with Gasteiger partial charge >= 0.3 is 6.09 Å². The second-order valence-electron chi connectivity index (χ2n) is 25.8. The summed E-state index contributed by atoms with van der Waals surface area (Å²) >= 11 is 0. The van der Waals surface area contributed by atoms with Crippen LogP contribution in [0.2, 0.25) is 0 Å². The van der Waals surface area contributed by atoms with Gasteiger partial charge in [0.15, 0.2) is 11.5 Å². The first-order valence-corrected chi connectivity index (χ1v) is 35.2. The minimum absolute atomic E-state index is 0.0447. The fourth-order valence-corrected chi connectivity index (χ4v) is 11.6. The first-order valence-electron chi connectivity index (χ1n) is 35.2. The molecule has 8 aromatic carbocycles. The molecule has 556 valence electrons. The molecule has 0 unspecified atom stereocenters. The molecule has 1 aliphatic rings. The number of nitrogens with one attached hydrogen (secondary N) is 6. The molecule has 0 atom stereocenters. The summed E-state index contributed by atoms with van der Waals surface area (Å²) in [6.45, 7) is 7.00. The van der Waals surface area contributed by atoms with Crippen molar-refractivity contribution in [3.05, 3.63) is 290 Å². The Morgan fingerprint density at radius 2 is 1.00 bits per heavy atom. The van der Waals surface area contributed by atoms with Gasteiger partial charge in [0, 0.05) is 63.0 Å². The van der Waals surface area contributed by atoms with Gasteiger partial charge < -0.3 is 53.0 Å². The Hall–Kier alpha value is -14.2. The molecule has 8 heterocycles. The number of H-pyrrole nitrogens is 4. The number of hydrogen-bond donors (Lipinski definition) is 8. The van der Waals surface area contributed by atoms with Crippen LogP contribution in [0.1, 0.15) is 55.3 Å². The smallest absolute Gasteiger partial charge is 0.407 e. The molecule has 15 aromatic rings. The van der Waals surface area contributed by atoms with E-state index in [0.717, 1.165) is 95.9 Å². The Morgan fingerprint density at radius 3 is 1.62 bits per heavy atom. The molecular weight excluding hydrogens is 1390 g/mol. The maximum atomic E-state index is 13.9. The number of halogens is 1. The third-order valence-corrected chi connectivity index (χ3v) is 17.1. The third kappa shape index (κ3) is 19.4. The fraction of sp³-hybridized carbons (Fsp3) is 0.138. The first-order chi connectivity index (χ1) is 53.6. The molecule has 0 fully saturated rings. The number of carbonyl (C=O) groups is 2. The van der Waals surface area contributed by atoms with Gasteiger partial charge in [-0.15, -0.1) is 0 Å². The number of nitrogens with zero attached hydrogens (tertiary/aromatic N) is 5. The highest BCUT2D eigenvalue weighted by atomic mass is 19.1. The van der Waals surface area contributed by atoms with Crippen molar-refractivity contribution in [3.63, 3.8) is 0 Å². The predicted octanol–water partition coefficient (Wildman–Crippen LogP) is 19.1. The van der Waals surface area contributed by atoms with Crippen molar-refractivity contribution in [1.29, 1.82) is 0 Å². The number of phenolic OH excluding ortho intramolecular Hbond substituents is 2. The van der Waals surface area contributed by atoms with Crippen LogP contribution in [0.4, 0.5) is 9.18 Å². The van der Waals surface area contributed by atoms with Crippen LogP contribution in [0.3, 0.4) is 0 Å². The Kier molecular flexibility index (Phi) is 24.8. The average Bonchev–Trinajstić information content (AvgIpc) is 1.39. The number of alkyl carbamates (subject to hydrolysis) is 1. The number of amides is 2. The van der Waals surface area contributed by atoms with E-state index in [1.54, 1.807) is 115 Å². The molecule has 0 radical (unpaired) electrons. The molecule has 1 aliphatic heterocycles. The van der Waals surface area contributed by atoms with Gasteiger partial charge in [-0.2, -0.15) is 20.4 Å². The Labute approximate surface area is 633 Å². The monoisotopic (exact) mass is 1470 g/mol. The molecule has 16 rings (SSSR count). The van der Waals surface area contributed by atoms with E-state index >= 15 is 0 Å². The zero-order valence-electron chi connectivity index (χ0n) is 61.1. The van der Waals surface area contributed by atoms with Gasteiger partial charge in [0.2, 0.25) is 0 Å². The minimum Gasteiger partial charge on any atom is -0.507 e. The molecule has 0 bridgehead atoms. The number of phenols is 2. The highest BCUT2D eigenvalue weighted by molar-refractivity contribution is 6.14. The van der Waals surface area contributed by atoms with Gasteiger partial charge in [-0.05, 0) is 196 Å². The van der Waals surface area contributed by atoms with Crippen LogP contribution in [0.25, 0.3) is 107 Å². The average molecular weight is 1470 g/mol. The number of methoxy groups -OCH3 is 3. The summed E-state index contributed by atoms with van der Waals surface area (Å²) < 4.78 is 50.9. The summed E-state index contributed by atoms with van der Waals surface area (Å²) in [6.07, 6.45) is 7.89. The lowest BCUT2D eigenvalue weighted by Gasteiger charge is -2.19.